The molecule has 12 nitrogen and oxygen atoms in total. The van der Waals surface area contributed by atoms with Gasteiger partial charge in [0, 0.05) is 38.6 Å². The number of hydrogen-bond acceptors (Lipinski definition) is 8. The van der Waals surface area contributed by atoms with Gasteiger partial charge in [-0.1, -0.05) is 12.1 Å². The number of piperazine rings is 1. The van der Waals surface area contributed by atoms with Crippen LogP contribution in [0.15, 0.2) is 26.6 Å². The van der Waals surface area contributed by atoms with Crippen molar-refractivity contribution in [3.63, 3.8) is 0 Å². The lowest BCUT2D eigenvalue weighted by Gasteiger charge is -2.34. The molecule has 1 saturated heterocycles. The molecule has 0 saturated carbocycles. The Labute approximate surface area is 204 Å². The zero-order chi connectivity index (χ0) is 24.4. The monoisotopic (exact) mass is 533 g/mol. The van der Waals surface area contributed by atoms with E-state index < -0.39 is 11.1 Å². The van der Waals surface area contributed by atoms with Gasteiger partial charge in [-0.25, -0.2) is 9.97 Å². The zero-order valence-corrected chi connectivity index (χ0v) is 21.1. The zero-order valence-electron chi connectivity index (χ0n) is 19.5. The van der Waals surface area contributed by atoms with E-state index >= 15 is 0 Å². The maximum atomic E-state index is 12.9. The fraction of sp³-hybridized carbons (Fsp3) is 0.571. The molecule has 3 aromatic heterocycles. The molecule has 34 heavy (non-hydrogen) atoms. The third-order valence-electron chi connectivity index (χ3n) is 5.99. The summed E-state index contributed by atoms with van der Waals surface area (Å²) in [6.07, 6.45) is 3.48. The number of rotatable bonds is 7. The fourth-order valence-corrected chi connectivity index (χ4v) is 4.38. The molecule has 1 fully saturated rings. The van der Waals surface area contributed by atoms with E-state index in [1.54, 1.807) is 10.9 Å². The Morgan fingerprint density at radius 3 is 2.53 bits per heavy atom. The lowest BCUT2D eigenvalue weighted by Crippen LogP contribution is -2.48. The molecule has 1 aliphatic rings. The van der Waals surface area contributed by atoms with Gasteiger partial charge in [0.25, 0.3) is 0 Å². The van der Waals surface area contributed by atoms with Crippen molar-refractivity contribution in [2.75, 3.05) is 32.7 Å². The van der Waals surface area contributed by atoms with Crippen LogP contribution in [0.1, 0.15) is 38.9 Å². The van der Waals surface area contributed by atoms with E-state index in [9.17, 15) is 14.4 Å². The Kier molecular flexibility index (Phi) is 7.22. The molecule has 0 N–H and O–H groups in total. The van der Waals surface area contributed by atoms with Crippen LogP contribution >= 0.6 is 15.9 Å². The van der Waals surface area contributed by atoms with E-state index in [1.807, 2.05) is 18.7 Å². The van der Waals surface area contributed by atoms with Crippen LogP contribution < -0.4 is 11.1 Å². The van der Waals surface area contributed by atoms with E-state index in [4.69, 9.17) is 0 Å². The Morgan fingerprint density at radius 1 is 1.12 bits per heavy atom. The summed E-state index contributed by atoms with van der Waals surface area (Å²) in [5.74, 6) is 0.0909. The number of halogens is 1. The average molecular weight is 534 g/mol. The summed E-state index contributed by atoms with van der Waals surface area (Å²) in [7, 11) is 0. The number of amides is 1. The largest absolute Gasteiger partial charge is 0.340 e. The lowest BCUT2D eigenvalue weighted by atomic mass is 10.2. The summed E-state index contributed by atoms with van der Waals surface area (Å²) in [5.41, 5.74) is -0.281. The van der Waals surface area contributed by atoms with Gasteiger partial charge in [-0.3, -0.25) is 28.2 Å². The van der Waals surface area contributed by atoms with Crippen molar-refractivity contribution in [3.8, 4) is 0 Å². The molecule has 0 unspecified atom stereocenters. The lowest BCUT2D eigenvalue weighted by molar-refractivity contribution is -0.133. The molecule has 0 aliphatic carbocycles. The van der Waals surface area contributed by atoms with Crippen LogP contribution in [0.3, 0.4) is 0 Å². The van der Waals surface area contributed by atoms with Crippen molar-refractivity contribution in [3.05, 3.63) is 43.4 Å². The average Bonchev–Trinajstić information content (AvgIpc) is 3.27. The van der Waals surface area contributed by atoms with Crippen LogP contribution in [-0.2, 0) is 17.9 Å². The first-order chi connectivity index (χ1) is 16.3. The van der Waals surface area contributed by atoms with Crippen LogP contribution in [0, 0.1) is 0 Å². The van der Waals surface area contributed by atoms with Crippen LogP contribution in [0.5, 0.6) is 0 Å². The van der Waals surface area contributed by atoms with Gasteiger partial charge in [-0.05, 0) is 36.3 Å². The highest BCUT2D eigenvalue weighted by molar-refractivity contribution is 9.10. The minimum absolute atomic E-state index is 0.0206. The van der Waals surface area contributed by atoms with Crippen molar-refractivity contribution in [2.24, 2.45) is 0 Å². The Morgan fingerprint density at radius 2 is 1.85 bits per heavy atom. The molecule has 0 bridgehead atoms. The number of hydrogen-bond donors (Lipinski definition) is 0. The molecule has 4 heterocycles. The van der Waals surface area contributed by atoms with Crippen LogP contribution in [0.25, 0.3) is 11.3 Å². The van der Waals surface area contributed by atoms with E-state index in [0.29, 0.717) is 28.9 Å². The molecule has 0 radical (unpaired) electrons. The van der Waals surface area contributed by atoms with Crippen molar-refractivity contribution in [1.82, 2.24) is 43.9 Å². The van der Waals surface area contributed by atoms with Gasteiger partial charge in [0.2, 0.25) is 5.91 Å². The van der Waals surface area contributed by atoms with Gasteiger partial charge in [0.1, 0.15) is 10.3 Å². The van der Waals surface area contributed by atoms with Crippen LogP contribution in [0.2, 0.25) is 0 Å². The maximum Gasteiger partial charge on any atom is 0.318 e. The molecular formula is C21H28BrN9O3. The van der Waals surface area contributed by atoms with Gasteiger partial charge in [0.15, 0.2) is 11.3 Å². The first-order valence-electron chi connectivity index (χ1n) is 11.3. The van der Waals surface area contributed by atoms with E-state index in [2.05, 4.69) is 48.0 Å². The van der Waals surface area contributed by atoms with E-state index in [-0.39, 0.29) is 24.1 Å². The number of fused-ring (bicyclic) bond motifs is 1. The number of carbonyl (C=O) groups excluding carboxylic acids is 1. The molecule has 182 valence electrons. The van der Waals surface area contributed by atoms with Gasteiger partial charge in [0.05, 0.1) is 25.5 Å². The normalized spacial score (nSPS) is 14.9. The molecule has 1 amide bonds. The summed E-state index contributed by atoms with van der Waals surface area (Å²) >= 11 is 3.28. The van der Waals surface area contributed by atoms with Crippen molar-refractivity contribution >= 4 is 33.1 Å². The Balaban J connectivity index is 1.50. The SMILES string of the molecule is CCN1CCN(C(=O)CCn2cc(Cn3c(=O)c(=O)n(C(C)C)c4nc(Br)cnc43)nn2)CC1. The molecule has 0 aromatic carbocycles. The third kappa shape index (κ3) is 4.94. The smallest absolute Gasteiger partial charge is 0.318 e. The number of carbonyl (C=O) groups is 1. The predicted molar refractivity (Wildman–Crippen MR) is 129 cm³/mol. The summed E-state index contributed by atoms with van der Waals surface area (Å²) in [5, 5.41) is 8.22. The van der Waals surface area contributed by atoms with Crippen molar-refractivity contribution in [2.45, 2.75) is 46.3 Å². The topological polar surface area (TPSA) is 124 Å². The van der Waals surface area contributed by atoms with Gasteiger partial charge >= 0.3 is 11.1 Å². The number of nitrogens with zero attached hydrogens (tertiary/aromatic N) is 9. The molecule has 1 aliphatic heterocycles. The minimum atomic E-state index is -0.700. The molecule has 13 heteroatoms. The Bertz CT molecular complexity index is 1310. The number of likely N-dealkylation sites (N-methyl/N-ethyl adjacent to an activating group) is 1. The van der Waals surface area contributed by atoms with Crippen molar-refractivity contribution in [1.29, 1.82) is 0 Å². The van der Waals surface area contributed by atoms with Gasteiger partial charge in [-0.15, -0.1) is 5.10 Å². The molecular weight excluding hydrogens is 506 g/mol. The first kappa shape index (κ1) is 24.2. The molecule has 0 spiro atoms. The number of aromatic nitrogens is 7. The van der Waals surface area contributed by atoms with Crippen LogP contribution in [0.4, 0.5) is 0 Å². The fourth-order valence-electron chi connectivity index (χ4n) is 4.10. The second kappa shape index (κ2) is 10.1. The van der Waals surface area contributed by atoms with E-state index in [1.165, 1.54) is 15.3 Å². The summed E-state index contributed by atoms with van der Waals surface area (Å²) in [6, 6.07) is -0.260. The maximum absolute atomic E-state index is 12.9. The molecule has 3 aromatic rings. The highest BCUT2D eigenvalue weighted by Gasteiger charge is 2.21. The van der Waals surface area contributed by atoms with Crippen LogP contribution in [-0.4, -0.2) is 82.5 Å². The highest BCUT2D eigenvalue weighted by atomic mass is 79.9. The summed E-state index contributed by atoms with van der Waals surface area (Å²) < 4.78 is 4.66. The summed E-state index contributed by atoms with van der Waals surface area (Å²) in [6.45, 7) is 10.4. The van der Waals surface area contributed by atoms with Crippen molar-refractivity contribution < 1.29 is 4.79 Å². The minimum Gasteiger partial charge on any atom is -0.340 e. The highest BCUT2D eigenvalue weighted by Crippen LogP contribution is 2.14. The quantitative estimate of drug-likeness (QED) is 0.402. The predicted octanol–water partition coefficient (Wildman–Crippen LogP) is 0.491. The molecule has 0 atom stereocenters. The van der Waals surface area contributed by atoms with Gasteiger partial charge in [-0.2, -0.15) is 0 Å². The van der Waals surface area contributed by atoms with E-state index in [0.717, 1.165) is 32.7 Å². The molecule has 4 rings (SSSR count). The third-order valence-corrected chi connectivity index (χ3v) is 6.37. The Hall–Kier alpha value is -2.93. The number of aryl methyl sites for hydroxylation is 1. The second-order valence-electron chi connectivity index (χ2n) is 8.54. The summed E-state index contributed by atoms with van der Waals surface area (Å²) in [4.78, 5) is 51.1. The van der Waals surface area contributed by atoms with Gasteiger partial charge < -0.3 is 9.80 Å². The second-order valence-corrected chi connectivity index (χ2v) is 9.35. The standard InChI is InChI=1S/C21H28BrN9O3/c1-4-27-7-9-28(10-8-27)17(32)5-6-29-12-15(25-26-29)13-30-18-19(24-16(22)11-23-18)31(14(2)3)21(34)20(30)33/h11-12,14H,4-10,13H2,1-3H3. The first-order valence-corrected chi connectivity index (χ1v) is 12.1.